The third kappa shape index (κ3) is 1.87. The Morgan fingerprint density at radius 1 is 1.50 bits per heavy atom. The van der Waals surface area contributed by atoms with Gasteiger partial charge in [0.1, 0.15) is 0 Å². The molecule has 4 heteroatoms. The fraction of sp³-hybridized carbons (Fsp3) is 0.583. The van der Waals surface area contributed by atoms with Crippen LogP contribution in [-0.4, -0.2) is 41.4 Å². The maximum Gasteiger partial charge on any atom is 0.237 e. The van der Waals surface area contributed by atoms with Crippen LogP contribution in [0.1, 0.15) is 17.7 Å². The van der Waals surface area contributed by atoms with Gasteiger partial charge in [-0.05, 0) is 30.8 Å². The van der Waals surface area contributed by atoms with Crippen LogP contribution in [0.4, 0.5) is 0 Å². The zero-order valence-corrected chi connectivity index (χ0v) is 10.1. The first-order valence-corrected chi connectivity index (χ1v) is 6.75. The number of thiophene rings is 1. The summed E-state index contributed by atoms with van der Waals surface area (Å²) in [4.78, 5) is 17.7. The van der Waals surface area contributed by atoms with Crippen molar-refractivity contribution in [1.29, 1.82) is 0 Å². The number of rotatable bonds is 2. The number of nitrogens with zero attached hydrogens (tertiary/aromatic N) is 2. The largest absolute Gasteiger partial charge is 0.332 e. The molecular formula is C12H16N2OS. The van der Waals surface area contributed by atoms with E-state index in [1.807, 2.05) is 0 Å². The summed E-state index contributed by atoms with van der Waals surface area (Å²) in [6, 6.07) is 4.63. The minimum Gasteiger partial charge on any atom is -0.332 e. The summed E-state index contributed by atoms with van der Waals surface area (Å²) in [7, 11) is 0. The molecule has 1 amide bonds. The van der Waals surface area contributed by atoms with Crippen molar-refractivity contribution in [2.45, 2.75) is 25.4 Å². The number of piperidine rings is 1. The van der Waals surface area contributed by atoms with Crippen LogP contribution >= 0.6 is 11.3 Å². The molecule has 3 nitrogen and oxygen atoms in total. The molecule has 0 N–H and O–H groups in total. The van der Waals surface area contributed by atoms with Gasteiger partial charge < -0.3 is 4.90 Å². The summed E-state index contributed by atoms with van der Waals surface area (Å²) < 4.78 is 0. The van der Waals surface area contributed by atoms with Crippen molar-refractivity contribution in [3.05, 3.63) is 22.4 Å². The van der Waals surface area contributed by atoms with Crippen molar-refractivity contribution in [1.82, 2.24) is 9.80 Å². The molecule has 2 bridgehead atoms. The van der Waals surface area contributed by atoms with E-state index in [1.165, 1.54) is 17.7 Å². The van der Waals surface area contributed by atoms with Gasteiger partial charge in [-0.25, -0.2) is 0 Å². The summed E-state index contributed by atoms with van der Waals surface area (Å²) in [5.41, 5.74) is 0. The molecule has 2 aliphatic heterocycles. The van der Waals surface area contributed by atoms with Crippen LogP contribution in [0.25, 0.3) is 0 Å². The number of carbonyl (C=O) groups excluding carboxylic acids is 1. The Labute approximate surface area is 99.7 Å². The molecule has 0 aliphatic carbocycles. The smallest absolute Gasteiger partial charge is 0.237 e. The Hall–Kier alpha value is -0.870. The number of hydrogen-bond donors (Lipinski definition) is 0. The Morgan fingerprint density at radius 2 is 2.44 bits per heavy atom. The highest BCUT2D eigenvalue weighted by molar-refractivity contribution is 7.09. The lowest BCUT2D eigenvalue weighted by Crippen LogP contribution is -2.58. The van der Waals surface area contributed by atoms with E-state index in [9.17, 15) is 4.79 Å². The highest BCUT2D eigenvalue weighted by Crippen LogP contribution is 2.24. The fourth-order valence-corrected chi connectivity index (χ4v) is 3.41. The van der Waals surface area contributed by atoms with Crippen molar-refractivity contribution >= 4 is 17.2 Å². The highest BCUT2D eigenvalue weighted by Gasteiger charge is 2.34. The number of hydrogen-bond acceptors (Lipinski definition) is 3. The third-order valence-corrected chi connectivity index (χ3v) is 4.37. The van der Waals surface area contributed by atoms with Gasteiger partial charge in [0.25, 0.3) is 0 Å². The molecule has 0 radical (unpaired) electrons. The summed E-state index contributed by atoms with van der Waals surface area (Å²) >= 11 is 1.74. The van der Waals surface area contributed by atoms with Gasteiger partial charge in [0, 0.05) is 17.5 Å². The topological polar surface area (TPSA) is 23.6 Å². The molecule has 3 heterocycles. The van der Waals surface area contributed by atoms with Gasteiger partial charge >= 0.3 is 0 Å². The van der Waals surface area contributed by atoms with Crippen molar-refractivity contribution in [3.63, 3.8) is 0 Å². The van der Waals surface area contributed by atoms with E-state index in [-0.39, 0.29) is 0 Å². The first-order valence-electron chi connectivity index (χ1n) is 5.87. The molecule has 86 valence electrons. The molecule has 0 aromatic carbocycles. The van der Waals surface area contributed by atoms with Crippen LogP contribution in [0, 0.1) is 0 Å². The van der Waals surface area contributed by atoms with Crippen molar-refractivity contribution in [2.24, 2.45) is 0 Å². The molecular weight excluding hydrogens is 220 g/mol. The minimum atomic E-state index is 0.310. The second kappa shape index (κ2) is 4.18. The van der Waals surface area contributed by atoms with Crippen LogP contribution in [0.3, 0.4) is 0 Å². The van der Waals surface area contributed by atoms with E-state index in [2.05, 4.69) is 27.3 Å². The summed E-state index contributed by atoms with van der Waals surface area (Å²) in [6.07, 6.45) is 2.41. The normalized spacial score (nSPS) is 29.5. The number of amides is 1. The van der Waals surface area contributed by atoms with Gasteiger partial charge in [-0.1, -0.05) is 6.07 Å². The predicted molar refractivity (Wildman–Crippen MR) is 64.3 cm³/mol. The van der Waals surface area contributed by atoms with Crippen molar-refractivity contribution in [3.8, 4) is 0 Å². The SMILES string of the molecule is O=C1CN2CCCC(C2)N1Cc1cccs1. The van der Waals surface area contributed by atoms with Crippen LogP contribution in [0.2, 0.25) is 0 Å². The lowest BCUT2D eigenvalue weighted by atomic mass is 10.0. The molecule has 2 fully saturated rings. The van der Waals surface area contributed by atoms with Crippen molar-refractivity contribution in [2.75, 3.05) is 19.6 Å². The van der Waals surface area contributed by atoms with E-state index in [1.54, 1.807) is 11.3 Å². The Kier molecular flexibility index (Phi) is 2.69. The molecule has 16 heavy (non-hydrogen) atoms. The van der Waals surface area contributed by atoms with E-state index in [0.717, 1.165) is 19.6 Å². The summed E-state index contributed by atoms with van der Waals surface area (Å²) in [6.45, 7) is 3.63. The van der Waals surface area contributed by atoms with Gasteiger partial charge in [-0.3, -0.25) is 9.69 Å². The number of carbonyl (C=O) groups is 1. The lowest BCUT2D eigenvalue weighted by Gasteiger charge is -2.44. The van der Waals surface area contributed by atoms with E-state index < -0.39 is 0 Å². The Balaban J connectivity index is 1.75. The lowest BCUT2D eigenvalue weighted by molar-refractivity contribution is -0.142. The van der Waals surface area contributed by atoms with Crippen molar-refractivity contribution < 1.29 is 4.79 Å². The molecule has 2 saturated heterocycles. The van der Waals surface area contributed by atoms with Crippen LogP contribution in [-0.2, 0) is 11.3 Å². The van der Waals surface area contributed by atoms with Gasteiger partial charge in [0.05, 0.1) is 13.1 Å². The Morgan fingerprint density at radius 3 is 3.25 bits per heavy atom. The molecule has 0 spiro atoms. The molecule has 0 saturated carbocycles. The Bertz CT molecular complexity index is 376. The molecule has 1 aromatic rings. The molecule has 2 unspecified atom stereocenters. The predicted octanol–water partition coefficient (Wildman–Crippen LogP) is 1.55. The maximum absolute atomic E-state index is 12.0. The molecule has 1 aromatic heterocycles. The minimum absolute atomic E-state index is 0.310. The quantitative estimate of drug-likeness (QED) is 0.778. The van der Waals surface area contributed by atoms with Crippen LogP contribution in [0.5, 0.6) is 0 Å². The van der Waals surface area contributed by atoms with E-state index >= 15 is 0 Å². The first kappa shape index (κ1) is 10.3. The zero-order valence-electron chi connectivity index (χ0n) is 9.26. The van der Waals surface area contributed by atoms with Crippen LogP contribution < -0.4 is 0 Å². The summed E-state index contributed by atoms with van der Waals surface area (Å²) in [5.74, 6) is 0.310. The third-order valence-electron chi connectivity index (χ3n) is 3.51. The van der Waals surface area contributed by atoms with E-state index in [0.29, 0.717) is 18.5 Å². The van der Waals surface area contributed by atoms with Gasteiger partial charge in [-0.2, -0.15) is 0 Å². The monoisotopic (exact) mass is 236 g/mol. The second-order valence-corrected chi connectivity index (χ2v) is 5.66. The van der Waals surface area contributed by atoms with E-state index in [4.69, 9.17) is 0 Å². The molecule has 2 aliphatic rings. The standard InChI is InChI=1S/C12H16N2OS/c15-12-9-13-5-1-3-10(7-13)14(12)8-11-4-2-6-16-11/h2,4,6,10H,1,3,5,7-9H2. The maximum atomic E-state index is 12.0. The number of fused-ring (bicyclic) bond motifs is 2. The van der Waals surface area contributed by atoms with Crippen LogP contribution in [0.15, 0.2) is 17.5 Å². The average Bonchev–Trinajstić information content (AvgIpc) is 2.77. The number of piperazine rings is 1. The first-order chi connectivity index (χ1) is 7.83. The molecule has 2 atom stereocenters. The van der Waals surface area contributed by atoms with Gasteiger partial charge in [0.2, 0.25) is 5.91 Å². The fourth-order valence-electron chi connectivity index (χ4n) is 2.70. The average molecular weight is 236 g/mol. The highest BCUT2D eigenvalue weighted by atomic mass is 32.1. The summed E-state index contributed by atoms with van der Waals surface area (Å²) in [5, 5.41) is 2.08. The zero-order chi connectivity index (χ0) is 11.0. The van der Waals surface area contributed by atoms with Gasteiger partial charge in [0.15, 0.2) is 0 Å². The molecule has 3 rings (SSSR count). The second-order valence-electron chi connectivity index (χ2n) is 4.63. The van der Waals surface area contributed by atoms with Gasteiger partial charge in [-0.15, -0.1) is 11.3 Å².